The van der Waals surface area contributed by atoms with Crippen molar-refractivity contribution in [3.05, 3.63) is 46.3 Å². The van der Waals surface area contributed by atoms with Crippen LogP contribution < -0.4 is 0 Å². The molecule has 1 N–H and O–H groups in total. The SMILES string of the molecule is CCO[C@H](OC(COCc1ccccc1)[C@@H](O)COCC(=O)OC(C)(C)C)C(C)N=[N+]=[N-]. The molecule has 0 fully saturated rings. The molecule has 0 amide bonds. The van der Waals surface area contributed by atoms with E-state index in [4.69, 9.17) is 29.2 Å². The number of nitrogens with zero attached hydrogens (tertiary/aromatic N) is 3. The molecule has 0 bridgehead atoms. The van der Waals surface area contributed by atoms with Gasteiger partial charge in [-0.05, 0) is 38.8 Å². The van der Waals surface area contributed by atoms with Gasteiger partial charge in [-0.2, -0.15) is 0 Å². The number of carbonyl (C=O) groups is 1. The molecular weight excluding hydrogens is 418 g/mol. The fourth-order valence-electron chi connectivity index (χ4n) is 2.61. The van der Waals surface area contributed by atoms with Gasteiger partial charge in [-0.3, -0.25) is 0 Å². The highest BCUT2D eigenvalue weighted by Gasteiger charge is 2.28. The van der Waals surface area contributed by atoms with Gasteiger partial charge in [0.1, 0.15) is 24.4 Å². The van der Waals surface area contributed by atoms with Gasteiger partial charge in [-0.1, -0.05) is 42.4 Å². The molecule has 4 atom stereocenters. The van der Waals surface area contributed by atoms with Crippen LogP contribution in [0.4, 0.5) is 0 Å². The van der Waals surface area contributed by atoms with Crippen molar-refractivity contribution < 1.29 is 33.6 Å². The lowest BCUT2D eigenvalue weighted by molar-refractivity contribution is -0.215. The highest BCUT2D eigenvalue weighted by Crippen LogP contribution is 2.14. The summed E-state index contributed by atoms with van der Waals surface area (Å²) in [5, 5.41) is 14.3. The number of hydrogen-bond acceptors (Lipinski definition) is 8. The average molecular weight is 454 g/mol. The zero-order valence-electron chi connectivity index (χ0n) is 19.5. The van der Waals surface area contributed by atoms with Crippen LogP contribution in [0.15, 0.2) is 35.4 Å². The van der Waals surface area contributed by atoms with Crippen LogP contribution in [-0.4, -0.2) is 67.6 Å². The Bertz CT molecular complexity index is 705. The lowest BCUT2D eigenvalue weighted by Crippen LogP contribution is -2.43. The van der Waals surface area contributed by atoms with E-state index in [2.05, 4.69) is 10.0 Å². The Kier molecular flexibility index (Phi) is 12.9. The number of benzene rings is 1. The van der Waals surface area contributed by atoms with Crippen molar-refractivity contribution in [1.29, 1.82) is 0 Å². The van der Waals surface area contributed by atoms with Gasteiger partial charge in [0, 0.05) is 11.5 Å². The van der Waals surface area contributed by atoms with Crippen molar-refractivity contribution in [1.82, 2.24) is 0 Å². The molecule has 0 aromatic heterocycles. The van der Waals surface area contributed by atoms with Crippen molar-refractivity contribution in [3.63, 3.8) is 0 Å². The molecule has 10 nitrogen and oxygen atoms in total. The number of hydrogen-bond donors (Lipinski definition) is 1. The van der Waals surface area contributed by atoms with E-state index >= 15 is 0 Å². The molecule has 0 saturated carbocycles. The van der Waals surface area contributed by atoms with Crippen molar-refractivity contribution in [2.24, 2.45) is 5.11 Å². The zero-order valence-corrected chi connectivity index (χ0v) is 19.5. The number of aliphatic hydroxyl groups is 1. The summed E-state index contributed by atoms with van der Waals surface area (Å²) in [6, 6.07) is 8.92. The molecule has 180 valence electrons. The Morgan fingerprint density at radius 1 is 1.19 bits per heavy atom. The second-order valence-electron chi connectivity index (χ2n) is 8.11. The van der Waals surface area contributed by atoms with E-state index in [0.29, 0.717) is 13.2 Å². The van der Waals surface area contributed by atoms with Crippen LogP contribution in [-0.2, 0) is 35.1 Å². The standard InChI is InChI=1S/C22H35N3O7/c1-6-30-21(16(2)24-25-23)31-19(14-28-12-17-10-8-7-9-11-17)18(26)13-29-15-20(27)32-22(3,4)5/h7-11,16,18-19,21,26H,6,12-15H2,1-5H3/t16?,18-,19?,21+/m0/s1. The van der Waals surface area contributed by atoms with Crippen LogP contribution in [0.5, 0.6) is 0 Å². The van der Waals surface area contributed by atoms with Crippen molar-refractivity contribution in [3.8, 4) is 0 Å². The molecule has 10 heteroatoms. The number of azide groups is 1. The summed E-state index contributed by atoms with van der Waals surface area (Å²) in [4.78, 5) is 14.6. The molecule has 32 heavy (non-hydrogen) atoms. The van der Waals surface area contributed by atoms with Gasteiger partial charge < -0.3 is 28.8 Å². The summed E-state index contributed by atoms with van der Waals surface area (Å²) in [7, 11) is 0. The first kappa shape index (κ1) is 27.8. The average Bonchev–Trinajstić information content (AvgIpc) is 2.72. The van der Waals surface area contributed by atoms with Crippen LogP contribution in [0.2, 0.25) is 0 Å². The van der Waals surface area contributed by atoms with E-state index in [9.17, 15) is 9.90 Å². The van der Waals surface area contributed by atoms with E-state index in [1.165, 1.54) is 0 Å². The second kappa shape index (κ2) is 14.8. The monoisotopic (exact) mass is 453 g/mol. The zero-order chi connectivity index (χ0) is 24.0. The van der Waals surface area contributed by atoms with Crippen LogP contribution in [0.1, 0.15) is 40.2 Å². The van der Waals surface area contributed by atoms with Gasteiger partial charge in [0.05, 0.1) is 25.9 Å². The predicted molar refractivity (Wildman–Crippen MR) is 118 cm³/mol. The maximum absolute atomic E-state index is 11.8. The van der Waals surface area contributed by atoms with Crippen molar-refractivity contribution >= 4 is 5.97 Å². The predicted octanol–water partition coefficient (Wildman–Crippen LogP) is 3.37. The normalized spacial score (nSPS) is 15.3. The molecule has 1 aromatic carbocycles. The molecule has 1 aromatic rings. The highest BCUT2D eigenvalue weighted by atomic mass is 16.7. The number of carbonyl (C=O) groups excluding carboxylic acids is 1. The van der Waals surface area contributed by atoms with E-state index in [-0.39, 0.29) is 19.8 Å². The molecule has 0 radical (unpaired) electrons. The molecule has 0 aliphatic heterocycles. The number of ether oxygens (including phenoxy) is 5. The Hall–Kier alpha value is -2.20. The van der Waals surface area contributed by atoms with Crippen LogP contribution in [0, 0.1) is 0 Å². The van der Waals surface area contributed by atoms with Crippen molar-refractivity contribution in [2.45, 2.75) is 71.4 Å². The Labute approximate surface area is 189 Å². The van der Waals surface area contributed by atoms with Gasteiger partial charge in [0.25, 0.3) is 0 Å². The molecule has 2 unspecified atom stereocenters. The quantitative estimate of drug-likeness (QED) is 0.141. The van der Waals surface area contributed by atoms with Gasteiger partial charge in [-0.25, -0.2) is 4.79 Å². The molecule has 0 saturated heterocycles. The van der Waals surface area contributed by atoms with E-state index in [0.717, 1.165) is 5.56 Å². The smallest absolute Gasteiger partial charge is 0.332 e. The first-order chi connectivity index (χ1) is 15.2. The maximum Gasteiger partial charge on any atom is 0.332 e. The molecule has 1 rings (SSSR count). The number of aliphatic hydroxyl groups excluding tert-OH is 1. The van der Waals surface area contributed by atoms with Gasteiger partial charge in [0.2, 0.25) is 0 Å². The van der Waals surface area contributed by atoms with E-state index < -0.39 is 36.1 Å². The lowest BCUT2D eigenvalue weighted by atomic mass is 10.2. The van der Waals surface area contributed by atoms with Gasteiger partial charge in [-0.15, -0.1) is 0 Å². The second-order valence-corrected chi connectivity index (χ2v) is 8.11. The topological polar surface area (TPSA) is 132 Å². The Morgan fingerprint density at radius 2 is 1.88 bits per heavy atom. The molecule has 0 aliphatic rings. The van der Waals surface area contributed by atoms with Crippen LogP contribution in [0.3, 0.4) is 0 Å². The molecule has 0 heterocycles. The molecule has 0 spiro atoms. The third-order valence-corrected chi connectivity index (χ3v) is 4.02. The van der Waals surface area contributed by atoms with E-state index in [1.807, 2.05) is 30.3 Å². The number of rotatable bonds is 15. The van der Waals surface area contributed by atoms with Gasteiger partial charge >= 0.3 is 5.97 Å². The summed E-state index contributed by atoms with van der Waals surface area (Å²) in [6.45, 7) is 8.86. The highest BCUT2D eigenvalue weighted by molar-refractivity contribution is 5.71. The third-order valence-electron chi connectivity index (χ3n) is 4.02. The van der Waals surface area contributed by atoms with Crippen LogP contribution >= 0.6 is 0 Å². The van der Waals surface area contributed by atoms with Crippen molar-refractivity contribution in [2.75, 3.05) is 26.4 Å². The fourth-order valence-corrected chi connectivity index (χ4v) is 2.61. The first-order valence-corrected chi connectivity index (χ1v) is 10.6. The summed E-state index contributed by atoms with van der Waals surface area (Å²) in [6.07, 6.45) is -2.87. The fraction of sp³-hybridized carbons (Fsp3) is 0.682. The Morgan fingerprint density at radius 3 is 2.47 bits per heavy atom. The lowest BCUT2D eigenvalue weighted by Gasteiger charge is -2.29. The first-order valence-electron chi connectivity index (χ1n) is 10.6. The summed E-state index contributed by atoms with van der Waals surface area (Å²) < 4.78 is 27.6. The summed E-state index contributed by atoms with van der Waals surface area (Å²) in [5.74, 6) is -0.535. The summed E-state index contributed by atoms with van der Waals surface area (Å²) >= 11 is 0. The molecular formula is C22H35N3O7. The minimum atomic E-state index is -1.13. The maximum atomic E-state index is 11.8. The Balaban J connectivity index is 2.73. The third kappa shape index (κ3) is 12.0. The minimum absolute atomic E-state index is 0.0262. The minimum Gasteiger partial charge on any atom is -0.458 e. The molecule has 0 aliphatic carbocycles. The number of esters is 1. The summed E-state index contributed by atoms with van der Waals surface area (Å²) in [5.41, 5.74) is 9.06. The van der Waals surface area contributed by atoms with Crippen LogP contribution in [0.25, 0.3) is 10.4 Å². The van der Waals surface area contributed by atoms with Gasteiger partial charge in [0.15, 0.2) is 6.29 Å². The largest absolute Gasteiger partial charge is 0.458 e. The van der Waals surface area contributed by atoms with E-state index in [1.54, 1.807) is 34.6 Å².